The van der Waals surface area contributed by atoms with E-state index < -0.39 is 15.1 Å². The van der Waals surface area contributed by atoms with E-state index in [1.54, 1.807) is 26.0 Å². The zero-order valence-corrected chi connectivity index (χ0v) is 19.3. The molecule has 162 valence electrons. The van der Waals surface area contributed by atoms with Crippen molar-refractivity contribution in [2.45, 2.75) is 43.9 Å². The van der Waals surface area contributed by atoms with Gasteiger partial charge in [-0.1, -0.05) is 29.4 Å². The van der Waals surface area contributed by atoms with Crippen molar-refractivity contribution < 1.29 is 17.9 Å². The van der Waals surface area contributed by atoms with Gasteiger partial charge in [-0.05, 0) is 56.7 Å². The normalized spacial score (nSPS) is 12.3. The van der Waals surface area contributed by atoms with Crippen molar-refractivity contribution in [2.24, 2.45) is 4.99 Å². The molecule has 3 aromatic rings. The minimum Gasteiger partial charge on any atom is -0.494 e. The first-order chi connectivity index (χ1) is 14.8. The van der Waals surface area contributed by atoms with Crippen molar-refractivity contribution in [1.29, 1.82) is 0 Å². The highest BCUT2D eigenvalue weighted by atomic mass is 32.2. The summed E-state index contributed by atoms with van der Waals surface area (Å²) >= 11 is 1.37. The molecular formula is C23H24N2O4S2. The van der Waals surface area contributed by atoms with Crippen molar-refractivity contribution >= 4 is 37.3 Å². The highest BCUT2D eigenvalue weighted by Gasteiger charge is 2.19. The predicted molar refractivity (Wildman–Crippen MR) is 123 cm³/mol. The summed E-state index contributed by atoms with van der Waals surface area (Å²) in [6.07, 6.45) is 5.58. The number of ether oxygens (including phenoxy) is 1. The van der Waals surface area contributed by atoms with Gasteiger partial charge in [-0.3, -0.25) is 4.79 Å². The topological polar surface area (TPSA) is 77.7 Å². The Labute approximate surface area is 186 Å². The van der Waals surface area contributed by atoms with Crippen LogP contribution in [0.4, 0.5) is 0 Å². The Morgan fingerprint density at radius 1 is 1.23 bits per heavy atom. The van der Waals surface area contributed by atoms with Crippen LogP contribution in [0.15, 0.2) is 52.4 Å². The first-order valence-corrected chi connectivity index (χ1v) is 12.2. The molecule has 2 aromatic carbocycles. The molecule has 0 N–H and O–H groups in total. The van der Waals surface area contributed by atoms with Crippen molar-refractivity contribution in [3.8, 4) is 18.1 Å². The minimum absolute atomic E-state index is 0.0660. The van der Waals surface area contributed by atoms with E-state index in [-0.39, 0.29) is 17.2 Å². The lowest BCUT2D eigenvalue weighted by atomic mass is 10.1. The second kappa shape index (κ2) is 9.50. The van der Waals surface area contributed by atoms with Gasteiger partial charge in [0.25, 0.3) is 5.91 Å². The number of sulfone groups is 1. The molecule has 0 bridgehead atoms. The molecule has 0 fully saturated rings. The highest BCUT2D eigenvalue weighted by molar-refractivity contribution is 7.92. The highest BCUT2D eigenvalue weighted by Crippen LogP contribution is 2.23. The van der Waals surface area contributed by atoms with Crippen LogP contribution in [0.25, 0.3) is 10.2 Å². The fraction of sp³-hybridized carbons (Fsp3) is 0.304. The molecule has 1 amide bonds. The third-order valence-corrected chi connectivity index (χ3v) is 7.87. The quantitative estimate of drug-likeness (QED) is 0.509. The number of terminal acetylenes is 1. The van der Waals surface area contributed by atoms with Crippen molar-refractivity contribution in [1.82, 2.24) is 4.57 Å². The maximum absolute atomic E-state index is 12.6. The molecule has 0 spiro atoms. The van der Waals surface area contributed by atoms with Crippen LogP contribution in [0.3, 0.4) is 0 Å². The Hall–Kier alpha value is -2.89. The first-order valence-electron chi connectivity index (χ1n) is 9.86. The number of fused-ring (bicyclic) bond motifs is 1. The number of thiazole rings is 1. The summed E-state index contributed by atoms with van der Waals surface area (Å²) in [5.74, 6) is 3.02. The van der Waals surface area contributed by atoms with E-state index in [1.807, 2.05) is 29.7 Å². The summed E-state index contributed by atoms with van der Waals surface area (Å²) in [5.41, 5.74) is 1.58. The molecule has 6 nitrogen and oxygen atoms in total. The monoisotopic (exact) mass is 456 g/mol. The first kappa shape index (κ1) is 22.8. The molecule has 31 heavy (non-hydrogen) atoms. The SMILES string of the molecule is C#CCn1c(=NC(=O)Cc2ccc(S(=O)(=O)C(C)C)cc2)sc2cc(OCC)ccc21. The van der Waals surface area contributed by atoms with Crippen LogP contribution >= 0.6 is 11.3 Å². The summed E-state index contributed by atoms with van der Waals surface area (Å²) in [6, 6.07) is 12.1. The van der Waals surface area contributed by atoms with Crippen LogP contribution in [0.5, 0.6) is 5.75 Å². The van der Waals surface area contributed by atoms with E-state index in [4.69, 9.17) is 11.2 Å². The Bertz CT molecular complexity index is 1310. The van der Waals surface area contributed by atoms with E-state index in [9.17, 15) is 13.2 Å². The Kier molecular flexibility index (Phi) is 6.98. The summed E-state index contributed by atoms with van der Waals surface area (Å²) < 4.78 is 32.8. The number of rotatable bonds is 7. The molecule has 0 saturated carbocycles. The molecule has 0 aliphatic carbocycles. The third-order valence-electron chi connectivity index (χ3n) is 4.66. The van der Waals surface area contributed by atoms with Crippen molar-refractivity contribution in [2.75, 3.05) is 6.61 Å². The van der Waals surface area contributed by atoms with Gasteiger partial charge >= 0.3 is 0 Å². The van der Waals surface area contributed by atoms with E-state index in [1.165, 1.54) is 23.5 Å². The third kappa shape index (κ3) is 5.06. The Morgan fingerprint density at radius 3 is 2.55 bits per heavy atom. The van der Waals surface area contributed by atoms with Crippen LogP contribution < -0.4 is 9.54 Å². The van der Waals surface area contributed by atoms with E-state index in [0.29, 0.717) is 23.5 Å². The van der Waals surface area contributed by atoms with Crippen molar-refractivity contribution in [3.63, 3.8) is 0 Å². The van der Waals surface area contributed by atoms with Gasteiger partial charge in [0, 0.05) is 0 Å². The summed E-state index contributed by atoms with van der Waals surface area (Å²) in [7, 11) is -3.34. The molecule has 0 aliphatic heterocycles. The molecule has 0 radical (unpaired) electrons. The van der Waals surface area contributed by atoms with Crippen LogP contribution in [-0.4, -0.2) is 30.7 Å². The van der Waals surface area contributed by atoms with Gasteiger partial charge in [-0.25, -0.2) is 8.42 Å². The molecule has 0 unspecified atom stereocenters. The molecule has 3 rings (SSSR count). The lowest BCUT2D eigenvalue weighted by Gasteiger charge is -2.08. The second-order valence-electron chi connectivity index (χ2n) is 7.16. The van der Waals surface area contributed by atoms with Gasteiger partial charge in [-0.15, -0.1) is 6.42 Å². The van der Waals surface area contributed by atoms with E-state index in [2.05, 4.69) is 10.9 Å². The average molecular weight is 457 g/mol. The molecule has 8 heteroatoms. The largest absolute Gasteiger partial charge is 0.494 e. The van der Waals surface area contributed by atoms with Gasteiger partial charge in [0.05, 0.1) is 39.9 Å². The maximum atomic E-state index is 12.6. The fourth-order valence-electron chi connectivity index (χ4n) is 3.03. The maximum Gasteiger partial charge on any atom is 0.252 e. The summed E-state index contributed by atoms with van der Waals surface area (Å²) in [6.45, 7) is 6.05. The minimum atomic E-state index is -3.34. The van der Waals surface area contributed by atoms with E-state index >= 15 is 0 Å². The zero-order valence-electron chi connectivity index (χ0n) is 17.7. The van der Waals surface area contributed by atoms with Crippen LogP contribution in [0.2, 0.25) is 0 Å². The number of hydrogen-bond donors (Lipinski definition) is 0. The number of amides is 1. The number of carbonyl (C=O) groups is 1. The average Bonchev–Trinajstić information content (AvgIpc) is 3.05. The second-order valence-corrected chi connectivity index (χ2v) is 10.7. The lowest BCUT2D eigenvalue weighted by Crippen LogP contribution is -2.17. The Balaban J connectivity index is 1.90. The zero-order chi connectivity index (χ0) is 22.6. The number of aromatic nitrogens is 1. The van der Waals surface area contributed by atoms with Crippen LogP contribution in [0.1, 0.15) is 26.3 Å². The fourth-order valence-corrected chi connectivity index (χ4v) is 5.16. The molecule has 0 saturated heterocycles. The summed E-state index contributed by atoms with van der Waals surface area (Å²) in [4.78, 5) is 17.6. The van der Waals surface area contributed by atoms with Crippen LogP contribution in [0, 0.1) is 12.3 Å². The van der Waals surface area contributed by atoms with Gasteiger partial charge in [-0.2, -0.15) is 4.99 Å². The molecule has 0 aliphatic rings. The van der Waals surface area contributed by atoms with Crippen molar-refractivity contribution in [3.05, 3.63) is 52.8 Å². The number of hydrogen-bond acceptors (Lipinski definition) is 5. The standard InChI is InChI=1S/C23H24N2O4S2/c1-5-13-25-20-12-9-18(29-6-2)15-21(20)30-23(25)24-22(26)14-17-7-10-19(11-8-17)31(27,28)16(3)4/h1,7-12,15-16H,6,13-14H2,2-4H3. The molecular weight excluding hydrogens is 432 g/mol. The smallest absolute Gasteiger partial charge is 0.252 e. The number of nitrogens with zero attached hydrogens (tertiary/aromatic N) is 2. The molecule has 1 heterocycles. The van der Waals surface area contributed by atoms with Gasteiger partial charge in [0.2, 0.25) is 0 Å². The number of carbonyl (C=O) groups excluding carboxylic acids is 1. The van der Waals surface area contributed by atoms with Gasteiger partial charge in [0.1, 0.15) is 5.75 Å². The van der Waals surface area contributed by atoms with Crippen LogP contribution in [-0.2, 0) is 27.6 Å². The molecule has 0 atom stereocenters. The summed E-state index contributed by atoms with van der Waals surface area (Å²) in [5, 5.41) is -0.502. The Morgan fingerprint density at radius 2 is 1.94 bits per heavy atom. The van der Waals surface area contributed by atoms with Gasteiger partial charge < -0.3 is 9.30 Å². The lowest BCUT2D eigenvalue weighted by molar-refractivity contribution is -0.117. The molecule has 1 aromatic heterocycles. The predicted octanol–water partition coefficient (Wildman–Crippen LogP) is 3.59. The van der Waals surface area contributed by atoms with E-state index in [0.717, 1.165) is 16.0 Å². The number of benzene rings is 2. The van der Waals surface area contributed by atoms with Gasteiger partial charge in [0.15, 0.2) is 14.6 Å².